The van der Waals surface area contributed by atoms with Crippen LogP contribution in [0.5, 0.6) is 0 Å². The van der Waals surface area contributed by atoms with E-state index >= 15 is 0 Å². The second-order valence-electron chi connectivity index (χ2n) is 3.67. The predicted molar refractivity (Wildman–Crippen MR) is 64.4 cm³/mol. The van der Waals surface area contributed by atoms with Gasteiger partial charge in [-0.1, -0.05) is 23.9 Å². The van der Waals surface area contributed by atoms with Gasteiger partial charge in [0.1, 0.15) is 0 Å². The molecular weight excluding hydrogens is 264 g/mol. The molecule has 0 unspecified atom stereocenters. The van der Waals surface area contributed by atoms with E-state index in [0.717, 1.165) is 13.1 Å². The third kappa shape index (κ3) is 3.29. The molecule has 1 fully saturated rings. The molecule has 6 nitrogen and oxygen atoms in total. The Hall–Kier alpha value is -0.890. The molecule has 0 bridgehead atoms. The minimum Gasteiger partial charge on any atom is -0.441 e. The average Bonchev–Trinajstić information content (AvgIpc) is 2.33. The first kappa shape index (κ1) is 12.6. The van der Waals surface area contributed by atoms with Crippen LogP contribution in [0, 0.1) is 0 Å². The Morgan fingerprint density at radius 2 is 2.06 bits per heavy atom. The summed E-state index contributed by atoms with van der Waals surface area (Å²) in [6.07, 6.45) is 1.37. The monoisotopic (exact) mass is 276 g/mol. The zero-order valence-corrected chi connectivity index (χ0v) is 10.7. The highest BCUT2D eigenvalue weighted by Crippen LogP contribution is 2.23. The lowest BCUT2D eigenvalue weighted by molar-refractivity contribution is -0.661. The maximum atomic E-state index is 11.9. The van der Waals surface area contributed by atoms with Crippen LogP contribution in [0.2, 0.25) is 5.02 Å². The molecule has 0 spiro atoms. The Bertz CT molecular complexity index is 470. The van der Waals surface area contributed by atoms with Gasteiger partial charge in [0.2, 0.25) is 10.2 Å². The molecule has 0 aromatic carbocycles. The van der Waals surface area contributed by atoms with Crippen molar-refractivity contribution in [3.05, 3.63) is 28.1 Å². The second kappa shape index (κ2) is 5.18. The predicted octanol–water partition coefficient (Wildman–Crippen LogP) is -0.136. The van der Waals surface area contributed by atoms with Crippen molar-refractivity contribution in [3.63, 3.8) is 0 Å². The fourth-order valence-electron chi connectivity index (χ4n) is 1.56. The van der Waals surface area contributed by atoms with Gasteiger partial charge in [-0.05, 0) is 11.9 Å². The summed E-state index contributed by atoms with van der Waals surface area (Å²) in [6.45, 7) is 2.50. The number of nitrogens with two attached hydrogens (primary N) is 1. The zero-order chi connectivity index (χ0) is 12.3. The van der Waals surface area contributed by atoms with Gasteiger partial charge in [-0.2, -0.15) is 4.31 Å². The van der Waals surface area contributed by atoms with Crippen LogP contribution in [-0.4, -0.2) is 43.9 Å². The number of aromatic nitrogens is 1. The van der Waals surface area contributed by atoms with Crippen molar-refractivity contribution in [3.8, 4) is 0 Å². The lowest BCUT2D eigenvalue weighted by Crippen LogP contribution is -2.89. The van der Waals surface area contributed by atoms with Gasteiger partial charge in [0, 0.05) is 5.02 Å². The highest BCUT2D eigenvalue weighted by molar-refractivity contribution is 7.92. The van der Waals surface area contributed by atoms with Crippen LogP contribution in [0.1, 0.15) is 0 Å². The van der Waals surface area contributed by atoms with Gasteiger partial charge in [0.25, 0.3) is 0 Å². The fraction of sp³-hybridized carbons (Fsp3) is 0.444. The summed E-state index contributed by atoms with van der Waals surface area (Å²) in [7, 11) is -3.62. The van der Waals surface area contributed by atoms with E-state index in [1.807, 2.05) is 0 Å². The topological polar surface area (TPSA) is 81.0 Å². The molecule has 1 saturated heterocycles. The van der Waals surface area contributed by atoms with Crippen molar-refractivity contribution in [2.45, 2.75) is 0 Å². The summed E-state index contributed by atoms with van der Waals surface area (Å²) < 4.78 is 28.9. The van der Waals surface area contributed by atoms with Gasteiger partial charge in [-0.25, -0.2) is 8.42 Å². The van der Waals surface area contributed by atoms with Crippen LogP contribution in [-0.2, 0) is 10.2 Å². The molecular formula is C9H13ClN4O2S. The fourth-order valence-corrected chi connectivity index (χ4v) is 2.80. The number of pyridine rings is 1. The average molecular weight is 277 g/mol. The number of nitrogens with zero attached hydrogens (tertiary/aromatic N) is 3. The SMILES string of the molecule is O=S(=O)([N-]c1ccc(Cl)cn1)N1CC[NH2+]CC1. The Morgan fingerprint density at radius 3 is 2.65 bits per heavy atom. The quantitative estimate of drug-likeness (QED) is 0.835. The first-order valence-electron chi connectivity index (χ1n) is 5.24. The van der Waals surface area contributed by atoms with Crippen LogP contribution in [0.4, 0.5) is 5.82 Å². The summed E-state index contributed by atoms with van der Waals surface area (Å²) in [4.78, 5) is 3.85. The third-order valence-corrected chi connectivity index (χ3v) is 4.07. The van der Waals surface area contributed by atoms with E-state index in [1.165, 1.54) is 16.6 Å². The number of hydrogen-bond acceptors (Lipinski definition) is 3. The lowest BCUT2D eigenvalue weighted by atomic mass is 10.4. The largest absolute Gasteiger partial charge is 0.441 e. The zero-order valence-electron chi connectivity index (χ0n) is 9.08. The summed E-state index contributed by atoms with van der Waals surface area (Å²) in [5.41, 5.74) is 0. The maximum absolute atomic E-state index is 11.9. The van der Waals surface area contributed by atoms with E-state index < -0.39 is 10.2 Å². The van der Waals surface area contributed by atoms with E-state index in [1.54, 1.807) is 6.07 Å². The smallest absolute Gasteiger partial charge is 0.240 e. The molecule has 0 saturated carbocycles. The van der Waals surface area contributed by atoms with Gasteiger partial charge >= 0.3 is 0 Å². The van der Waals surface area contributed by atoms with Crippen molar-refractivity contribution >= 4 is 27.6 Å². The van der Waals surface area contributed by atoms with Crippen LogP contribution >= 0.6 is 11.6 Å². The summed E-state index contributed by atoms with van der Waals surface area (Å²) in [6, 6.07) is 3.04. The van der Waals surface area contributed by atoms with Crippen molar-refractivity contribution in [1.82, 2.24) is 9.29 Å². The Kier molecular flexibility index (Phi) is 3.82. The van der Waals surface area contributed by atoms with Crippen LogP contribution < -0.4 is 5.32 Å². The maximum Gasteiger partial charge on any atom is 0.240 e. The van der Waals surface area contributed by atoms with Gasteiger partial charge in [0.05, 0.1) is 26.2 Å². The first-order valence-corrected chi connectivity index (χ1v) is 7.02. The minimum absolute atomic E-state index is 0.156. The molecule has 0 aliphatic carbocycles. The highest BCUT2D eigenvalue weighted by Gasteiger charge is 2.22. The number of halogens is 1. The lowest BCUT2D eigenvalue weighted by Gasteiger charge is -2.28. The molecule has 17 heavy (non-hydrogen) atoms. The molecule has 2 heterocycles. The van der Waals surface area contributed by atoms with E-state index in [-0.39, 0.29) is 5.82 Å². The van der Waals surface area contributed by atoms with Gasteiger partial charge in [-0.3, -0.25) is 0 Å². The standard InChI is InChI=1S/C9H12ClN4O2S/c10-8-1-2-9(12-7-8)13-17(15,16)14-5-3-11-4-6-14/h1-2,7,11H,3-6H2/q-1/p+1. The molecule has 2 rings (SSSR count). The van der Waals surface area contributed by atoms with Crippen LogP contribution in [0.3, 0.4) is 0 Å². The van der Waals surface area contributed by atoms with E-state index in [2.05, 4.69) is 15.0 Å². The van der Waals surface area contributed by atoms with Crippen molar-refractivity contribution in [2.24, 2.45) is 0 Å². The van der Waals surface area contributed by atoms with Crippen LogP contribution in [0.15, 0.2) is 18.3 Å². The van der Waals surface area contributed by atoms with E-state index in [9.17, 15) is 8.42 Å². The van der Waals surface area contributed by atoms with E-state index in [4.69, 9.17) is 11.6 Å². The van der Waals surface area contributed by atoms with Crippen molar-refractivity contribution < 1.29 is 13.7 Å². The molecule has 0 atom stereocenters. The van der Waals surface area contributed by atoms with Crippen molar-refractivity contribution in [2.75, 3.05) is 26.2 Å². The molecule has 1 aliphatic rings. The number of hydrogen-bond donors (Lipinski definition) is 1. The summed E-state index contributed by atoms with van der Waals surface area (Å²) >= 11 is 5.66. The van der Waals surface area contributed by atoms with Gasteiger partial charge in [-0.15, -0.1) is 0 Å². The molecule has 0 amide bonds. The summed E-state index contributed by atoms with van der Waals surface area (Å²) in [5.74, 6) is 0.156. The Morgan fingerprint density at radius 1 is 1.35 bits per heavy atom. The molecule has 1 aromatic rings. The second-order valence-corrected chi connectivity index (χ2v) is 5.70. The van der Waals surface area contributed by atoms with Crippen molar-refractivity contribution in [1.29, 1.82) is 0 Å². The molecule has 8 heteroatoms. The Labute approximate surface area is 105 Å². The molecule has 0 radical (unpaired) electrons. The number of quaternary nitrogens is 1. The molecule has 2 N–H and O–H groups in total. The normalized spacial score (nSPS) is 17.9. The first-order chi connectivity index (χ1) is 8.08. The number of piperazine rings is 1. The molecule has 94 valence electrons. The molecule has 1 aliphatic heterocycles. The minimum atomic E-state index is -3.62. The summed E-state index contributed by atoms with van der Waals surface area (Å²) in [5, 5.41) is 2.53. The van der Waals surface area contributed by atoms with Gasteiger partial charge < -0.3 is 15.0 Å². The Balaban J connectivity index is 2.08. The third-order valence-electron chi connectivity index (χ3n) is 2.41. The van der Waals surface area contributed by atoms with Crippen LogP contribution in [0.25, 0.3) is 4.72 Å². The van der Waals surface area contributed by atoms with E-state index in [0.29, 0.717) is 18.1 Å². The van der Waals surface area contributed by atoms with Gasteiger partial charge in [0.15, 0.2) is 0 Å². The highest BCUT2D eigenvalue weighted by atomic mass is 35.5. The number of rotatable bonds is 3. The molecule has 1 aromatic heterocycles.